The summed E-state index contributed by atoms with van der Waals surface area (Å²) in [7, 11) is 0. The summed E-state index contributed by atoms with van der Waals surface area (Å²) in [4.78, 5) is 13.9. The van der Waals surface area contributed by atoms with E-state index in [4.69, 9.17) is 4.98 Å². The van der Waals surface area contributed by atoms with Gasteiger partial charge in [-0.15, -0.1) is 22.7 Å². The number of aromatic nitrogens is 2. The third-order valence-corrected chi connectivity index (χ3v) is 6.04. The van der Waals surface area contributed by atoms with E-state index < -0.39 is 0 Å². The van der Waals surface area contributed by atoms with E-state index in [2.05, 4.69) is 71.0 Å². The van der Waals surface area contributed by atoms with E-state index in [0.29, 0.717) is 0 Å². The molecule has 1 aliphatic rings. The van der Waals surface area contributed by atoms with Gasteiger partial charge in [0.05, 0.1) is 0 Å². The van der Waals surface area contributed by atoms with Crippen molar-refractivity contribution in [3.8, 4) is 22.0 Å². The summed E-state index contributed by atoms with van der Waals surface area (Å²) in [6, 6.07) is 8.70. The molecule has 3 aromatic rings. The summed E-state index contributed by atoms with van der Waals surface area (Å²) < 4.78 is 0. The topological polar surface area (TPSA) is 62.2 Å². The Bertz CT molecular complexity index is 947. The second kappa shape index (κ2) is 7.40. The summed E-state index contributed by atoms with van der Waals surface area (Å²) in [5, 5.41) is 12.5. The van der Waals surface area contributed by atoms with Gasteiger partial charge in [-0.2, -0.15) is 0 Å². The van der Waals surface area contributed by atoms with Crippen LogP contribution in [0, 0.1) is 0 Å². The normalized spacial score (nSPS) is 14.6. The SMILES string of the molecule is CC(C)(C)c1ccc(-c2nc(-c3csc(NC4=NCCCN4)n3)cs2)cc1. The largest absolute Gasteiger partial charge is 0.356 e. The molecule has 27 heavy (non-hydrogen) atoms. The lowest BCUT2D eigenvalue weighted by molar-refractivity contribution is 0.590. The second-order valence-corrected chi connectivity index (χ2v) is 9.26. The van der Waals surface area contributed by atoms with Crippen LogP contribution in [0.1, 0.15) is 32.8 Å². The van der Waals surface area contributed by atoms with Gasteiger partial charge in [0.1, 0.15) is 16.4 Å². The predicted molar refractivity (Wildman–Crippen MR) is 116 cm³/mol. The highest BCUT2D eigenvalue weighted by atomic mass is 32.1. The summed E-state index contributed by atoms with van der Waals surface area (Å²) in [5.74, 6) is 0.806. The Balaban J connectivity index is 1.50. The van der Waals surface area contributed by atoms with Gasteiger partial charge in [0, 0.05) is 29.4 Å². The highest BCUT2D eigenvalue weighted by Crippen LogP contribution is 2.32. The Morgan fingerprint density at radius 3 is 2.44 bits per heavy atom. The van der Waals surface area contributed by atoms with Crippen molar-refractivity contribution in [2.45, 2.75) is 32.6 Å². The Kier molecular flexibility index (Phi) is 4.97. The van der Waals surface area contributed by atoms with Gasteiger partial charge in [-0.05, 0) is 17.4 Å². The van der Waals surface area contributed by atoms with Crippen molar-refractivity contribution in [1.82, 2.24) is 15.3 Å². The first-order valence-corrected chi connectivity index (χ1v) is 10.8. The van der Waals surface area contributed by atoms with Gasteiger partial charge in [-0.3, -0.25) is 4.99 Å². The van der Waals surface area contributed by atoms with Gasteiger partial charge in [-0.1, -0.05) is 45.0 Å². The minimum Gasteiger partial charge on any atom is -0.356 e. The molecule has 0 radical (unpaired) electrons. The van der Waals surface area contributed by atoms with Gasteiger partial charge < -0.3 is 10.6 Å². The maximum absolute atomic E-state index is 4.79. The lowest BCUT2D eigenvalue weighted by Crippen LogP contribution is -2.35. The van der Waals surface area contributed by atoms with Crippen molar-refractivity contribution in [3.05, 3.63) is 40.6 Å². The molecule has 1 aliphatic heterocycles. The molecule has 0 unspecified atom stereocenters. The molecule has 0 saturated heterocycles. The van der Waals surface area contributed by atoms with E-state index in [9.17, 15) is 0 Å². The van der Waals surface area contributed by atoms with Gasteiger partial charge >= 0.3 is 0 Å². The minimum absolute atomic E-state index is 0.161. The summed E-state index contributed by atoms with van der Waals surface area (Å²) in [6.07, 6.45) is 1.08. The van der Waals surface area contributed by atoms with Crippen LogP contribution in [0.5, 0.6) is 0 Å². The van der Waals surface area contributed by atoms with E-state index in [1.165, 1.54) is 5.56 Å². The first kappa shape index (κ1) is 18.1. The van der Waals surface area contributed by atoms with Gasteiger partial charge in [-0.25, -0.2) is 9.97 Å². The first-order valence-electron chi connectivity index (χ1n) is 9.07. The number of nitrogens with zero attached hydrogens (tertiary/aromatic N) is 3. The molecule has 0 bridgehead atoms. The summed E-state index contributed by atoms with van der Waals surface area (Å²) in [5.41, 5.74) is 4.45. The molecule has 0 amide bonds. The number of hydrogen-bond acceptors (Lipinski definition) is 7. The minimum atomic E-state index is 0.161. The molecule has 140 valence electrons. The monoisotopic (exact) mass is 397 g/mol. The number of hydrogen-bond donors (Lipinski definition) is 2. The molecule has 1 aromatic carbocycles. The Morgan fingerprint density at radius 1 is 1.00 bits per heavy atom. The standard InChI is InChI=1S/C20H23N5S2/c1-20(2,3)14-7-5-13(6-8-14)17-23-15(11-26-17)16-12-27-19(24-16)25-18-21-9-4-10-22-18/h5-8,11-12H,4,9-10H2,1-3H3,(H2,21,22,24,25). The number of anilines is 1. The number of thiazole rings is 2. The molecule has 0 fully saturated rings. The van der Waals surface area contributed by atoms with Crippen LogP contribution in [0.15, 0.2) is 40.0 Å². The summed E-state index contributed by atoms with van der Waals surface area (Å²) in [6.45, 7) is 8.49. The third-order valence-electron chi connectivity index (χ3n) is 4.39. The first-order chi connectivity index (χ1) is 13.0. The predicted octanol–water partition coefficient (Wildman–Crippen LogP) is 4.99. The molecular weight excluding hydrogens is 374 g/mol. The lowest BCUT2D eigenvalue weighted by atomic mass is 9.87. The quantitative estimate of drug-likeness (QED) is 0.653. The van der Waals surface area contributed by atoms with Crippen LogP contribution in [0.25, 0.3) is 22.0 Å². The van der Waals surface area contributed by atoms with Crippen molar-refractivity contribution in [1.29, 1.82) is 0 Å². The fourth-order valence-electron chi connectivity index (χ4n) is 2.80. The average Bonchev–Trinajstić information content (AvgIpc) is 3.31. The molecule has 0 aliphatic carbocycles. The van der Waals surface area contributed by atoms with Crippen LogP contribution in [0.2, 0.25) is 0 Å². The zero-order chi connectivity index (χ0) is 18.9. The highest BCUT2D eigenvalue weighted by Gasteiger charge is 2.15. The highest BCUT2D eigenvalue weighted by molar-refractivity contribution is 7.14. The Labute approximate surface area is 167 Å². The van der Waals surface area contributed by atoms with E-state index in [-0.39, 0.29) is 5.41 Å². The van der Waals surface area contributed by atoms with Gasteiger partial charge in [0.15, 0.2) is 11.1 Å². The third kappa shape index (κ3) is 4.20. The van der Waals surface area contributed by atoms with Crippen molar-refractivity contribution < 1.29 is 0 Å². The van der Waals surface area contributed by atoms with E-state index in [0.717, 1.165) is 52.6 Å². The van der Waals surface area contributed by atoms with Crippen LogP contribution in [-0.4, -0.2) is 29.0 Å². The van der Waals surface area contributed by atoms with Crippen molar-refractivity contribution in [2.24, 2.45) is 4.99 Å². The van der Waals surface area contributed by atoms with E-state index in [1.54, 1.807) is 22.7 Å². The molecule has 2 N–H and O–H groups in total. The van der Waals surface area contributed by atoms with Crippen LogP contribution in [-0.2, 0) is 5.41 Å². The molecule has 0 saturated carbocycles. The Morgan fingerprint density at radius 2 is 1.74 bits per heavy atom. The van der Waals surface area contributed by atoms with Crippen LogP contribution in [0.4, 0.5) is 5.13 Å². The number of aliphatic imine (C=N–C) groups is 1. The molecule has 7 heteroatoms. The average molecular weight is 398 g/mol. The summed E-state index contributed by atoms with van der Waals surface area (Å²) >= 11 is 3.22. The number of guanidine groups is 1. The number of benzene rings is 1. The lowest BCUT2D eigenvalue weighted by Gasteiger charge is -2.18. The van der Waals surface area contributed by atoms with E-state index in [1.807, 2.05) is 5.38 Å². The van der Waals surface area contributed by atoms with Crippen molar-refractivity contribution >= 4 is 33.8 Å². The number of rotatable bonds is 3. The fourth-order valence-corrected chi connectivity index (χ4v) is 4.33. The molecule has 4 rings (SSSR count). The van der Waals surface area contributed by atoms with Crippen LogP contribution in [0.3, 0.4) is 0 Å². The molecular formula is C20H23N5S2. The van der Waals surface area contributed by atoms with E-state index >= 15 is 0 Å². The maximum Gasteiger partial charge on any atom is 0.197 e. The van der Waals surface area contributed by atoms with Gasteiger partial charge in [0.25, 0.3) is 0 Å². The van der Waals surface area contributed by atoms with Crippen molar-refractivity contribution in [2.75, 3.05) is 18.4 Å². The fraction of sp³-hybridized carbons (Fsp3) is 0.350. The molecule has 2 aromatic heterocycles. The zero-order valence-corrected chi connectivity index (χ0v) is 17.4. The smallest absolute Gasteiger partial charge is 0.197 e. The van der Waals surface area contributed by atoms with Crippen molar-refractivity contribution in [3.63, 3.8) is 0 Å². The maximum atomic E-state index is 4.79. The molecule has 0 atom stereocenters. The molecule has 5 nitrogen and oxygen atoms in total. The molecule has 0 spiro atoms. The second-order valence-electron chi connectivity index (χ2n) is 7.54. The Hall–Kier alpha value is -2.25. The van der Waals surface area contributed by atoms with Crippen LogP contribution < -0.4 is 10.6 Å². The molecule has 3 heterocycles. The van der Waals surface area contributed by atoms with Crippen LogP contribution >= 0.6 is 22.7 Å². The van der Waals surface area contributed by atoms with Gasteiger partial charge in [0.2, 0.25) is 0 Å². The zero-order valence-electron chi connectivity index (χ0n) is 15.7. The number of nitrogens with one attached hydrogen (secondary N) is 2.